The summed E-state index contributed by atoms with van der Waals surface area (Å²) in [4.78, 5) is 19.4. The number of morpholine rings is 1. The first-order valence-corrected chi connectivity index (χ1v) is 10.3. The summed E-state index contributed by atoms with van der Waals surface area (Å²) >= 11 is 0. The molecule has 5 heteroatoms. The van der Waals surface area contributed by atoms with Crippen molar-refractivity contribution in [3.8, 4) is 11.3 Å². The molecule has 3 rings (SSSR count). The van der Waals surface area contributed by atoms with Gasteiger partial charge in [-0.25, -0.2) is 0 Å². The first-order valence-electron chi connectivity index (χ1n) is 10.3. The molecule has 0 atom stereocenters. The van der Waals surface area contributed by atoms with E-state index in [-0.39, 0.29) is 5.91 Å². The number of hydrogen-bond donors (Lipinski definition) is 1. The molecule has 1 N–H and O–H groups in total. The minimum Gasteiger partial charge on any atom is -0.379 e. The third-order valence-electron chi connectivity index (χ3n) is 5.08. The van der Waals surface area contributed by atoms with Gasteiger partial charge in [0.15, 0.2) is 0 Å². The Morgan fingerprint density at radius 1 is 1.07 bits per heavy atom. The van der Waals surface area contributed by atoms with Gasteiger partial charge in [0.2, 0.25) is 0 Å². The van der Waals surface area contributed by atoms with Crippen molar-refractivity contribution >= 4 is 5.91 Å². The fraction of sp³-hybridized carbons (Fsp3) is 0.478. The van der Waals surface area contributed by atoms with Crippen LogP contribution in [0.2, 0.25) is 0 Å². The number of rotatable bonds is 8. The SMILES string of the molecule is Cc1cc(C)nc(-c2ccc(C(=O)NCCCCCN3CCOCC3)cc2)c1. The van der Waals surface area contributed by atoms with Crippen LogP contribution in [-0.4, -0.2) is 55.2 Å². The zero-order valence-electron chi connectivity index (χ0n) is 17.0. The van der Waals surface area contributed by atoms with Gasteiger partial charge in [-0.3, -0.25) is 14.7 Å². The number of nitrogens with zero attached hydrogens (tertiary/aromatic N) is 2. The number of ether oxygens (including phenoxy) is 1. The van der Waals surface area contributed by atoms with E-state index in [0.29, 0.717) is 5.56 Å². The van der Waals surface area contributed by atoms with Gasteiger partial charge in [-0.1, -0.05) is 18.6 Å². The lowest BCUT2D eigenvalue weighted by molar-refractivity contribution is 0.0371. The number of amides is 1. The number of carbonyl (C=O) groups excluding carboxylic acids is 1. The topological polar surface area (TPSA) is 54.5 Å². The zero-order valence-corrected chi connectivity index (χ0v) is 17.0. The van der Waals surface area contributed by atoms with Gasteiger partial charge in [0, 0.05) is 36.5 Å². The van der Waals surface area contributed by atoms with Gasteiger partial charge < -0.3 is 10.1 Å². The standard InChI is InChI=1S/C23H31N3O2/c1-18-16-19(2)25-22(17-18)20-6-8-21(9-7-20)23(27)24-10-4-3-5-11-26-12-14-28-15-13-26/h6-9,16-17H,3-5,10-15H2,1-2H3,(H,24,27). The van der Waals surface area contributed by atoms with Crippen molar-refractivity contribution in [1.29, 1.82) is 0 Å². The van der Waals surface area contributed by atoms with Gasteiger partial charge >= 0.3 is 0 Å². The Morgan fingerprint density at radius 2 is 1.82 bits per heavy atom. The summed E-state index contributed by atoms with van der Waals surface area (Å²) in [6.45, 7) is 9.73. The number of nitrogens with one attached hydrogen (secondary N) is 1. The van der Waals surface area contributed by atoms with Crippen LogP contribution in [0, 0.1) is 13.8 Å². The van der Waals surface area contributed by atoms with Crippen molar-refractivity contribution in [2.45, 2.75) is 33.1 Å². The van der Waals surface area contributed by atoms with E-state index >= 15 is 0 Å². The number of carbonyl (C=O) groups is 1. The predicted octanol–water partition coefficient (Wildman–Crippen LogP) is 3.60. The first-order chi connectivity index (χ1) is 13.6. The van der Waals surface area contributed by atoms with Crippen molar-refractivity contribution in [3.63, 3.8) is 0 Å². The molecule has 0 unspecified atom stereocenters. The van der Waals surface area contributed by atoms with Crippen LogP contribution in [0.1, 0.15) is 40.9 Å². The number of hydrogen-bond acceptors (Lipinski definition) is 4. The molecule has 1 fully saturated rings. The molecule has 1 saturated heterocycles. The molecule has 0 aliphatic carbocycles. The molecule has 0 spiro atoms. The van der Waals surface area contributed by atoms with E-state index in [2.05, 4.69) is 34.3 Å². The molecule has 0 radical (unpaired) electrons. The Balaban J connectivity index is 1.39. The van der Waals surface area contributed by atoms with Gasteiger partial charge in [0.05, 0.1) is 18.9 Å². The molecule has 28 heavy (non-hydrogen) atoms. The summed E-state index contributed by atoms with van der Waals surface area (Å²) in [5, 5.41) is 3.03. The molecule has 2 aromatic rings. The fourth-order valence-corrected chi connectivity index (χ4v) is 3.55. The summed E-state index contributed by atoms with van der Waals surface area (Å²) in [5.74, 6) is -0.00638. The summed E-state index contributed by atoms with van der Waals surface area (Å²) in [7, 11) is 0. The molecule has 0 saturated carbocycles. The molecule has 2 heterocycles. The van der Waals surface area contributed by atoms with Crippen molar-refractivity contribution in [3.05, 3.63) is 53.2 Å². The molecule has 150 valence electrons. The normalized spacial score (nSPS) is 14.8. The lowest BCUT2D eigenvalue weighted by atomic mass is 10.1. The third kappa shape index (κ3) is 6.14. The van der Waals surface area contributed by atoms with Crippen molar-refractivity contribution in [1.82, 2.24) is 15.2 Å². The van der Waals surface area contributed by atoms with Gasteiger partial charge in [-0.15, -0.1) is 0 Å². The average molecular weight is 382 g/mol. The molecule has 1 aromatic carbocycles. The van der Waals surface area contributed by atoms with E-state index in [9.17, 15) is 4.79 Å². The minimum absolute atomic E-state index is 0.00638. The zero-order chi connectivity index (χ0) is 19.8. The highest BCUT2D eigenvalue weighted by molar-refractivity contribution is 5.94. The van der Waals surface area contributed by atoms with Crippen molar-refractivity contribution < 1.29 is 9.53 Å². The Labute approximate surface area is 168 Å². The number of pyridine rings is 1. The fourth-order valence-electron chi connectivity index (χ4n) is 3.55. The number of benzene rings is 1. The number of aryl methyl sites for hydroxylation is 2. The molecule has 1 aromatic heterocycles. The Hall–Kier alpha value is -2.24. The largest absolute Gasteiger partial charge is 0.379 e. The van der Waals surface area contributed by atoms with Crippen molar-refractivity contribution in [2.24, 2.45) is 0 Å². The maximum atomic E-state index is 12.3. The summed E-state index contributed by atoms with van der Waals surface area (Å²) in [6.07, 6.45) is 3.32. The maximum absolute atomic E-state index is 12.3. The summed E-state index contributed by atoms with van der Waals surface area (Å²) in [6, 6.07) is 11.8. The second-order valence-corrected chi connectivity index (χ2v) is 7.52. The third-order valence-corrected chi connectivity index (χ3v) is 5.08. The molecule has 1 aliphatic heterocycles. The quantitative estimate of drug-likeness (QED) is 0.710. The van der Waals surface area contributed by atoms with E-state index < -0.39 is 0 Å². The second-order valence-electron chi connectivity index (χ2n) is 7.52. The van der Waals surface area contributed by atoms with Crippen LogP contribution < -0.4 is 5.32 Å². The summed E-state index contributed by atoms with van der Waals surface area (Å²) < 4.78 is 5.36. The van der Waals surface area contributed by atoms with Gasteiger partial charge in [0.25, 0.3) is 5.91 Å². The Kier molecular flexibility index (Phi) is 7.57. The Morgan fingerprint density at radius 3 is 2.54 bits per heavy atom. The predicted molar refractivity (Wildman–Crippen MR) is 113 cm³/mol. The van der Waals surface area contributed by atoms with Crippen LogP contribution in [0.3, 0.4) is 0 Å². The van der Waals surface area contributed by atoms with E-state index in [1.807, 2.05) is 31.2 Å². The van der Waals surface area contributed by atoms with E-state index in [1.54, 1.807) is 0 Å². The molecule has 1 amide bonds. The molecule has 1 aliphatic rings. The van der Waals surface area contributed by atoms with Gasteiger partial charge in [0.1, 0.15) is 0 Å². The maximum Gasteiger partial charge on any atom is 0.251 e. The summed E-state index contributed by atoms with van der Waals surface area (Å²) in [5.41, 5.74) is 4.88. The number of aromatic nitrogens is 1. The van der Waals surface area contributed by atoms with Gasteiger partial charge in [-0.2, -0.15) is 0 Å². The van der Waals surface area contributed by atoms with Crippen LogP contribution in [0.5, 0.6) is 0 Å². The van der Waals surface area contributed by atoms with E-state index in [4.69, 9.17) is 4.74 Å². The van der Waals surface area contributed by atoms with Crippen LogP contribution in [-0.2, 0) is 4.74 Å². The second kappa shape index (κ2) is 10.3. The Bertz CT molecular complexity index is 748. The monoisotopic (exact) mass is 381 g/mol. The first kappa shape index (κ1) is 20.5. The molecule has 5 nitrogen and oxygen atoms in total. The van der Waals surface area contributed by atoms with Crippen molar-refractivity contribution in [2.75, 3.05) is 39.4 Å². The highest BCUT2D eigenvalue weighted by Gasteiger charge is 2.09. The number of unbranched alkanes of at least 4 members (excludes halogenated alkanes) is 2. The lowest BCUT2D eigenvalue weighted by Gasteiger charge is -2.26. The molecular formula is C23H31N3O2. The highest BCUT2D eigenvalue weighted by atomic mass is 16.5. The molecular weight excluding hydrogens is 350 g/mol. The van der Waals surface area contributed by atoms with E-state index in [1.165, 1.54) is 12.0 Å². The van der Waals surface area contributed by atoms with Gasteiger partial charge in [-0.05, 0) is 63.1 Å². The van der Waals surface area contributed by atoms with E-state index in [0.717, 1.165) is 69.2 Å². The molecule has 0 bridgehead atoms. The highest BCUT2D eigenvalue weighted by Crippen LogP contribution is 2.19. The van der Waals surface area contributed by atoms with Crippen LogP contribution in [0.25, 0.3) is 11.3 Å². The lowest BCUT2D eigenvalue weighted by Crippen LogP contribution is -2.36. The average Bonchev–Trinajstić information content (AvgIpc) is 2.70. The minimum atomic E-state index is -0.00638. The van der Waals surface area contributed by atoms with Crippen LogP contribution >= 0.6 is 0 Å². The smallest absolute Gasteiger partial charge is 0.251 e. The van der Waals surface area contributed by atoms with Crippen LogP contribution in [0.4, 0.5) is 0 Å². The van der Waals surface area contributed by atoms with Crippen LogP contribution in [0.15, 0.2) is 36.4 Å².